The fraction of sp³-hybridized carbons (Fsp3) is 0.438. The second kappa shape index (κ2) is 9.21. The standard InChI is InChI=1S/C16H25/c1-6-8-9-10-11-15(4)16(5)13-12-14(3)7-2/h6,8-10,12-14H,4,7,11H2,1-3,5H3. The molecule has 0 aromatic rings. The van der Waals surface area contributed by atoms with Gasteiger partial charge in [0.1, 0.15) is 0 Å². The molecule has 16 heavy (non-hydrogen) atoms. The molecule has 0 nitrogen and oxygen atoms in total. The summed E-state index contributed by atoms with van der Waals surface area (Å²) in [6, 6.07) is 0. The van der Waals surface area contributed by atoms with Gasteiger partial charge in [-0.2, -0.15) is 0 Å². The lowest BCUT2D eigenvalue weighted by Gasteiger charge is -2.08. The molecule has 0 fully saturated rings. The molecule has 1 radical (unpaired) electrons. The summed E-state index contributed by atoms with van der Waals surface area (Å²) in [4.78, 5) is 0. The van der Waals surface area contributed by atoms with Gasteiger partial charge in [-0.25, -0.2) is 0 Å². The number of allylic oxidation sites excluding steroid dienone is 7. The second-order valence-corrected chi connectivity index (χ2v) is 4.19. The lowest BCUT2D eigenvalue weighted by Crippen LogP contribution is -1.92. The van der Waals surface area contributed by atoms with Crippen molar-refractivity contribution >= 4 is 0 Å². The average Bonchev–Trinajstić information content (AvgIpc) is 2.30. The molecule has 89 valence electrons. The highest BCUT2D eigenvalue weighted by molar-refractivity contribution is 5.30. The Hall–Kier alpha value is -1.04. The molecule has 1 atom stereocenters. The normalized spacial score (nSPS) is 14.6. The van der Waals surface area contributed by atoms with Gasteiger partial charge in [-0.05, 0) is 19.3 Å². The summed E-state index contributed by atoms with van der Waals surface area (Å²) in [6.07, 6.45) is 14.9. The van der Waals surface area contributed by atoms with Crippen LogP contribution >= 0.6 is 0 Å². The molecule has 0 bridgehead atoms. The van der Waals surface area contributed by atoms with Crippen molar-refractivity contribution in [1.82, 2.24) is 0 Å². The Balaban J connectivity index is 4.04. The first kappa shape index (κ1) is 15.0. The summed E-state index contributed by atoms with van der Waals surface area (Å²) in [5.41, 5.74) is 1.19. The van der Waals surface area contributed by atoms with E-state index in [1.807, 2.05) is 19.1 Å². The smallest absolute Gasteiger partial charge is 0.0189 e. The maximum absolute atomic E-state index is 4.09. The van der Waals surface area contributed by atoms with Gasteiger partial charge in [0.05, 0.1) is 0 Å². The first-order chi connectivity index (χ1) is 7.61. The molecule has 0 saturated carbocycles. The van der Waals surface area contributed by atoms with Crippen LogP contribution in [0.3, 0.4) is 0 Å². The van der Waals surface area contributed by atoms with Crippen molar-refractivity contribution in [1.29, 1.82) is 0 Å². The summed E-state index contributed by atoms with van der Waals surface area (Å²) >= 11 is 0. The maximum atomic E-state index is 4.09. The van der Waals surface area contributed by atoms with E-state index >= 15 is 0 Å². The molecule has 0 N–H and O–H groups in total. The summed E-state index contributed by atoms with van der Waals surface area (Å²) in [7, 11) is 0. The molecule has 0 aromatic carbocycles. The van der Waals surface area contributed by atoms with Crippen molar-refractivity contribution in [3.05, 3.63) is 54.5 Å². The second-order valence-electron chi connectivity index (χ2n) is 4.19. The number of hydrogen-bond acceptors (Lipinski definition) is 0. The van der Waals surface area contributed by atoms with Crippen LogP contribution in [-0.4, -0.2) is 0 Å². The third-order valence-electron chi connectivity index (χ3n) is 2.68. The van der Waals surface area contributed by atoms with Crippen LogP contribution in [-0.2, 0) is 0 Å². The Morgan fingerprint density at radius 1 is 1.31 bits per heavy atom. The topological polar surface area (TPSA) is 0 Å². The van der Waals surface area contributed by atoms with Gasteiger partial charge in [0.2, 0.25) is 0 Å². The van der Waals surface area contributed by atoms with Gasteiger partial charge in [0.15, 0.2) is 0 Å². The lowest BCUT2D eigenvalue weighted by atomic mass is 9.97. The van der Waals surface area contributed by atoms with Gasteiger partial charge in [-0.3, -0.25) is 0 Å². The van der Waals surface area contributed by atoms with Crippen LogP contribution in [0.2, 0.25) is 0 Å². The highest BCUT2D eigenvalue weighted by atomic mass is 14.1. The van der Waals surface area contributed by atoms with Gasteiger partial charge in [0, 0.05) is 5.92 Å². The van der Waals surface area contributed by atoms with Gasteiger partial charge >= 0.3 is 0 Å². The molecule has 0 heteroatoms. The Morgan fingerprint density at radius 2 is 2.00 bits per heavy atom. The molecule has 0 aromatic heterocycles. The van der Waals surface area contributed by atoms with Gasteiger partial charge in [-0.1, -0.05) is 75.8 Å². The monoisotopic (exact) mass is 217 g/mol. The lowest BCUT2D eigenvalue weighted by molar-refractivity contribution is 0.696. The van der Waals surface area contributed by atoms with E-state index in [0.717, 1.165) is 6.42 Å². The first-order valence-electron chi connectivity index (χ1n) is 6.09. The molecule has 0 heterocycles. The zero-order valence-corrected chi connectivity index (χ0v) is 11.2. The quantitative estimate of drug-likeness (QED) is 0.510. The van der Waals surface area contributed by atoms with Crippen molar-refractivity contribution < 1.29 is 0 Å². The summed E-state index contributed by atoms with van der Waals surface area (Å²) in [5.74, 6) is 1.94. The van der Waals surface area contributed by atoms with Gasteiger partial charge < -0.3 is 0 Å². The fourth-order valence-corrected chi connectivity index (χ4v) is 1.12. The Morgan fingerprint density at radius 3 is 2.56 bits per heavy atom. The van der Waals surface area contributed by atoms with E-state index in [9.17, 15) is 0 Å². The molecule has 0 aliphatic rings. The van der Waals surface area contributed by atoms with Crippen LogP contribution in [0.4, 0.5) is 0 Å². The predicted molar refractivity (Wildman–Crippen MR) is 75.2 cm³/mol. The zero-order valence-electron chi connectivity index (χ0n) is 11.2. The van der Waals surface area contributed by atoms with Gasteiger partial charge in [0.25, 0.3) is 0 Å². The summed E-state index contributed by atoms with van der Waals surface area (Å²) < 4.78 is 0. The summed E-state index contributed by atoms with van der Waals surface area (Å²) in [6.45, 7) is 12.7. The third-order valence-corrected chi connectivity index (χ3v) is 2.68. The van der Waals surface area contributed by atoms with Crippen molar-refractivity contribution in [2.24, 2.45) is 5.92 Å². The molecule has 0 aliphatic heterocycles. The van der Waals surface area contributed by atoms with E-state index in [4.69, 9.17) is 0 Å². The van der Waals surface area contributed by atoms with Crippen LogP contribution in [0.5, 0.6) is 0 Å². The average molecular weight is 217 g/mol. The Bertz CT molecular complexity index is 266. The van der Waals surface area contributed by atoms with E-state index in [0.29, 0.717) is 5.92 Å². The fourth-order valence-electron chi connectivity index (χ4n) is 1.12. The molecular weight excluding hydrogens is 192 g/mol. The van der Waals surface area contributed by atoms with E-state index < -0.39 is 0 Å². The van der Waals surface area contributed by atoms with E-state index in [-0.39, 0.29) is 0 Å². The molecular formula is C16H25. The van der Waals surface area contributed by atoms with Gasteiger partial charge in [-0.15, -0.1) is 0 Å². The minimum absolute atomic E-state index is 0.654. The van der Waals surface area contributed by atoms with Crippen LogP contribution in [0, 0.1) is 11.8 Å². The first-order valence-corrected chi connectivity index (χ1v) is 6.09. The van der Waals surface area contributed by atoms with Crippen LogP contribution in [0.1, 0.15) is 40.5 Å². The highest BCUT2D eigenvalue weighted by Crippen LogP contribution is 2.18. The van der Waals surface area contributed by atoms with Crippen LogP contribution in [0.25, 0.3) is 0 Å². The van der Waals surface area contributed by atoms with Crippen molar-refractivity contribution in [2.45, 2.75) is 40.5 Å². The molecule has 0 aliphatic carbocycles. The molecule has 1 unspecified atom stereocenters. The van der Waals surface area contributed by atoms with Crippen molar-refractivity contribution in [3.63, 3.8) is 0 Å². The Labute approximate surface area is 101 Å². The minimum Gasteiger partial charge on any atom is -0.0986 e. The number of rotatable bonds is 7. The maximum Gasteiger partial charge on any atom is 0.0189 e. The largest absolute Gasteiger partial charge is 0.0986 e. The van der Waals surface area contributed by atoms with Crippen LogP contribution < -0.4 is 0 Å². The van der Waals surface area contributed by atoms with E-state index in [2.05, 4.69) is 51.7 Å². The third kappa shape index (κ3) is 7.28. The molecule has 0 spiro atoms. The number of hydrogen-bond donors (Lipinski definition) is 0. The minimum atomic E-state index is 0.654. The van der Waals surface area contributed by atoms with E-state index in [1.165, 1.54) is 17.9 Å². The highest BCUT2D eigenvalue weighted by Gasteiger charge is 2.02. The Kier molecular flexibility index (Phi) is 8.61. The van der Waals surface area contributed by atoms with E-state index in [1.54, 1.807) is 0 Å². The zero-order chi connectivity index (χ0) is 12.4. The molecule has 0 amide bonds. The molecule has 0 rings (SSSR count). The summed E-state index contributed by atoms with van der Waals surface area (Å²) in [5, 5.41) is 0. The SMILES string of the molecule is C=C(CC=CC=CC)[C](C)C=CC(C)CC. The predicted octanol–water partition coefficient (Wildman–Crippen LogP) is 5.26. The van der Waals surface area contributed by atoms with Crippen molar-refractivity contribution in [3.8, 4) is 0 Å². The molecule has 0 saturated heterocycles. The van der Waals surface area contributed by atoms with Crippen molar-refractivity contribution in [2.75, 3.05) is 0 Å². The van der Waals surface area contributed by atoms with Crippen LogP contribution in [0.15, 0.2) is 48.6 Å².